The predicted octanol–water partition coefficient (Wildman–Crippen LogP) is 3.30. The van der Waals surface area contributed by atoms with Gasteiger partial charge in [-0.05, 0) is 30.7 Å². The number of halogens is 2. The summed E-state index contributed by atoms with van der Waals surface area (Å²) in [5.74, 6) is -0.839. The van der Waals surface area contributed by atoms with Gasteiger partial charge in [-0.3, -0.25) is 4.79 Å². The van der Waals surface area contributed by atoms with Crippen molar-refractivity contribution in [1.29, 1.82) is 0 Å². The Morgan fingerprint density at radius 1 is 1.32 bits per heavy atom. The molecule has 0 fully saturated rings. The monoisotopic (exact) mass is 322 g/mol. The lowest BCUT2D eigenvalue weighted by Crippen LogP contribution is -2.21. The van der Waals surface area contributed by atoms with Crippen molar-refractivity contribution in [3.8, 4) is 11.1 Å². The van der Waals surface area contributed by atoms with Gasteiger partial charge in [0.15, 0.2) is 0 Å². The summed E-state index contributed by atoms with van der Waals surface area (Å²) in [4.78, 5) is 17.2. The van der Waals surface area contributed by atoms with Gasteiger partial charge in [0.1, 0.15) is 11.0 Å². The highest BCUT2D eigenvalue weighted by atomic mass is 35.5. The first-order valence-electron chi connectivity index (χ1n) is 6.66. The highest BCUT2D eigenvalue weighted by Crippen LogP contribution is 2.31. The fraction of sp³-hybridized carbons (Fsp3) is 0.250. The van der Waals surface area contributed by atoms with E-state index in [1.54, 1.807) is 27.1 Å². The van der Waals surface area contributed by atoms with Crippen molar-refractivity contribution >= 4 is 17.5 Å². The summed E-state index contributed by atoms with van der Waals surface area (Å²) >= 11 is 5.82. The molecule has 1 unspecified atom stereocenters. The van der Waals surface area contributed by atoms with E-state index in [9.17, 15) is 14.3 Å². The number of amides is 1. The fourth-order valence-electron chi connectivity index (χ4n) is 2.14. The molecule has 1 heterocycles. The van der Waals surface area contributed by atoms with Crippen LogP contribution < -0.4 is 0 Å². The molecule has 0 saturated carbocycles. The number of benzene rings is 1. The topological polar surface area (TPSA) is 53.4 Å². The Kier molecular flexibility index (Phi) is 4.78. The van der Waals surface area contributed by atoms with Gasteiger partial charge in [-0.1, -0.05) is 17.7 Å². The second-order valence-corrected chi connectivity index (χ2v) is 5.55. The maximum Gasteiger partial charge on any atom is 0.253 e. The zero-order valence-electron chi connectivity index (χ0n) is 12.5. The third kappa shape index (κ3) is 3.26. The number of aliphatic hydroxyl groups excluding tert-OH is 1. The van der Waals surface area contributed by atoms with E-state index in [4.69, 9.17) is 11.6 Å². The van der Waals surface area contributed by atoms with Gasteiger partial charge < -0.3 is 10.0 Å². The van der Waals surface area contributed by atoms with Crippen molar-refractivity contribution in [3.63, 3.8) is 0 Å². The maximum absolute atomic E-state index is 14.4. The predicted molar refractivity (Wildman–Crippen MR) is 83.3 cm³/mol. The molecule has 0 saturated heterocycles. The number of hydrogen-bond donors (Lipinski definition) is 1. The van der Waals surface area contributed by atoms with Crippen molar-refractivity contribution in [2.45, 2.75) is 13.0 Å². The van der Waals surface area contributed by atoms with Crippen LogP contribution in [0.1, 0.15) is 28.9 Å². The van der Waals surface area contributed by atoms with Gasteiger partial charge in [0, 0.05) is 37.0 Å². The van der Waals surface area contributed by atoms with Crippen LogP contribution in [0.4, 0.5) is 4.39 Å². The summed E-state index contributed by atoms with van der Waals surface area (Å²) < 4.78 is 14.4. The van der Waals surface area contributed by atoms with Crippen molar-refractivity contribution in [2.75, 3.05) is 14.1 Å². The standard InChI is InChI=1S/C16H16ClFN2O2/c1-9(21)12-7-15(17)19-8-13(12)11-5-4-10(6-14(11)18)16(22)20(2)3/h4-9,21H,1-3H3. The van der Waals surface area contributed by atoms with E-state index < -0.39 is 11.9 Å². The van der Waals surface area contributed by atoms with Crippen LogP contribution in [0.3, 0.4) is 0 Å². The second-order valence-electron chi connectivity index (χ2n) is 5.16. The van der Waals surface area contributed by atoms with E-state index in [1.807, 2.05) is 0 Å². The SMILES string of the molecule is CC(O)c1cc(Cl)ncc1-c1ccc(C(=O)N(C)C)cc1F. The van der Waals surface area contributed by atoms with E-state index in [0.717, 1.165) is 0 Å². The lowest BCUT2D eigenvalue weighted by Gasteiger charge is -2.14. The number of hydrogen-bond acceptors (Lipinski definition) is 3. The Bertz CT molecular complexity index is 717. The number of nitrogens with zero attached hydrogens (tertiary/aromatic N) is 2. The Hall–Kier alpha value is -1.98. The highest BCUT2D eigenvalue weighted by molar-refractivity contribution is 6.29. The molecule has 4 nitrogen and oxygen atoms in total. The van der Waals surface area contributed by atoms with Gasteiger partial charge in [-0.15, -0.1) is 0 Å². The normalized spacial score (nSPS) is 12.1. The van der Waals surface area contributed by atoms with E-state index in [0.29, 0.717) is 11.1 Å². The molecular formula is C16H16ClFN2O2. The summed E-state index contributed by atoms with van der Waals surface area (Å²) in [6.07, 6.45) is 0.592. The molecule has 0 aliphatic heterocycles. The van der Waals surface area contributed by atoms with Gasteiger partial charge in [-0.2, -0.15) is 0 Å². The fourth-order valence-corrected chi connectivity index (χ4v) is 2.31. The lowest BCUT2D eigenvalue weighted by molar-refractivity contribution is 0.0827. The highest BCUT2D eigenvalue weighted by Gasteiger charge is 2.17. The minimum atomic E-state index is -0.821. The van der Waals surface area contributed by atoms with Crippen LogP contribution in [0.2, 0.25) is 5.15 Å². The molecule has 1 aromatic carbocycles. The number of aromatic nitrogens is 1. The van der Waals surface area contributed by atoms with E-state index in [2.05, 4.69) is 4.98 Å². The van der Waals surface area contributed by atoms with Crippen LogP contribution in [0.25, 0.3) is 11.1 Å². The minimum Gasteiger partial charge on any atom is -0.389 e. The van der Waals surface area contributed by atoms with Crippen molar-refractivity contribution in [3.05, 3.63) is 52.6 Å². The number of carbonyl (C=O) groups is 1. The third-order valence-electron chi connectivity index (χ3n) is 3.27. The Labute approximate surface area is 133 Å². The molecule has 2 rings (SSSR count). The van der Waals surface area contributed by atoms with Gasteiger partial charge >= 0.3 is 0 Å². The largest absolute Gasteiger partial charge is 0.389 e. The second kappa shape index (κ2) is 6.42. The molecule has 2 aromatic rings. The molecule has 6 heteroatoms. The van der Waals surface area contributed by atoms with Gasteiger partial charge in [0.05, 0.1) is 6.10 Å². The molecule has 0 bridgehead atoms. The number of aliphatic hydroxyl groups is 1. The quantitative estimate of drug-likeness (QED) is 0.882. The Morgan fingerprint density at radius 2 is 2.00 bits per heavy atom. The smallest absolute Gasteiger partial charge is 0.253 e. The first-order chi connectivity index (χ1) is 10.3. The van der Waals surface area contributed by atoms with Gasteiger partial charge in [0.25, 0.3) is 5.91 Å². The molecule has 1 N–H and O–H groups in total. The summed E-state index contributed by atoms with van der Waals surface area (Å²) in [6, 6.07) is 5.72. The van der Waals surface area contributed by atoms with Crippen LogP contribution in [-0.4, -0.2) is 35.0 Å². The van der Waals surface area contributed by atoms with Crippen LogP contribution >= 0.6 is 11.6 Å². The summed E-state index contributed by atoms with van der Waals surface area (Å²) in [5, 5.41) is 10.0. The van der Waals surface area contributed by atoms with Crippen molar-refractivity contribution < 1.29 is 14.3 Å². The number of rotatable bonds is 3. The zero-order valence-corrected chi connectivity index (χ0v) is 13.2. The van der Waals surface area contributed by atoms with Crippen LogP contribution in [0.15, 0.2) is 30.5 Å². The molecule has 1 atom stereocenters. The van der Waals surface area contributed by atoms with Crippen LogP contribution in [-0.2, 0) is 0 Å². The van der Waals surface area contributed by atoms with E-state index in [1.165, 1.54) is 29.3 Å². The molecule has 22 heavy (non-hydrogen) atoms. The van der Waals surface area contributed by atoms with Gasteiger partial charge in [0.2, 0.25) is 0 Å². The first kappa shape index (κ1) is 16.4. The summed E-state index contributed by atoms with van der Waals surface area (Å²) in [7, 11) is 3.20. The number of carbonyl (C=O) groups excluding carboxylic acids is 1. The van der Waals surface area contributed by atoms with E-state index in [-0.39, 0.29) is 22.2 Å². The Balaban J connectivity index is 2.53. The lowest BCUT2D eigenvalue weighted by atomic mass is 9.97. The number of pyridine rings is 1. The van der Waals surface area contributed by atoms with Crippen LogP contribution in [0.5, 0.6) is 0 Å². The molecule has 1 amide bonds. The van der Waals surface area contributed by atoms with Crippen molar-refractivity contribution in [2.24, 2.45) is 0 Å². The van der Waals surface area contributed by atoms with E-state index >= 15 is 0 Å². The van der Waals surface area contributed by atoms with Gasteiger partial charge in [-0.25, -0.2) is 9.37 Å². The molecule has 0 spiro atoms. The molecule has 0 radical (unpaired) electrons. The van der Waals surface area contributed by atoms with Crippen LogP contribution in [0, 0.1) is 5.82 Å². The van der Waals surface area contributed by atoms with Crippen molar-refractivity contribution in [1.82, 2.24) is 9.88 Å². The molecule has 0 aliphatic rings. The molecule has 116 valence electrons. The average molecular weight is 323 g/mol. The summed E-state index contributed by atoms with van der Waals surface area (Å²) in [6.45, 7) is 1.57. The molecule has 1 aromatic heterocycles. The molecular weight excluding hydrogens is 307 g/mol. The third-order valence-corrected chi connectivity index (χ3v) is 3.47. The molecule has 0 aliphatic carbocycles. The average Bonchev–Trinajstić information content (AvgIpc) is 2.46. The zero-order chi connectivity index (χ0) is 16.4. The Morgan fingerprint density at radius 3 is 2.55 bits per heavy atom. The minimum absolute atomic E-state index is 0.222. The maximum atomic E-state index is 14.4. The summed E-state index contributed by atoms with van der Waals surface area (Å²) in [5.41, 5.74) is 1.44. The first-order valence-corrected chi connectivity index (χ1v) is 7.04.